The molecule has 0 radical (unpaired) electrons. The minimum atomic E-state index is 0.315. The van der Waals surface area contributed by atoms with Crippen LogP contribution >= 0.6 is 45.5 Å². The number of likely N-dealkylation sites (N-methyl/N-ethyl adjacent to an activating group) is 1. The fraction of sp³-hybridized carbons (Fsp3) is 0.308. The van der Waals surface area contributed by atoms with Crippen LogP contribution in [0.2, 0.25) is 5.02 Å². The van der Waals surface area contributed by atoms with Crippen molar-refractivity contribution in [3.8, 4) is 0 Å². The topological polar surface area (TPSA) is 24.9 Å². The lowest BCUT2D eigenvalue weighted by Crippen LogP contribution is -2.22. The molecule has 1 atom stereocenters. The number of hydrogen-bond donors (Lipinski definition) is 1. The number of hydrogen-bond acceptors (Lipinski definition) is 3. The monoisotopic (exact) mass is 392 g/mol. The van der Waals surface area contributed by atoms with Crippen molar-refractivity contribution >= 4 is 45.5 Å². The Labute approximate surface area is 130 Å². The molecule has 2 rings (SSSR count). The molecule has 1 unspecified atom stereocenters. The lowest BCUT2D eigenvalue weighted by molar-refractivity contribution is 0.551. The van der Waals surface area contributed by atoms with Gasteiger partial charge in [0.05, 0.1) is 7.91 Å². The highest BCUT2D eigenvalue weighted by Gasteiger charge is 2.14. The van der Waals surface area contributed by atoms with E-state index in [1.807, 2.05) is 6.07 Å². The van der Waals surface area contributed by atoms with Crippen LogP contribution in [0.3, 0.4) is 0 Å². The maximum Gasteiger partial charge on any atom is 0.0656 e. The molecule has 2 nitrogen and oxygen atoms in total. The Balaban J connectivity index is 2.19. The summed E-state index contributed by atoms with van der Waals surface area (Å²) >= 11 is 10.3. The summed E-state index contributed by atoms with van der Waals surface area (Å²) in [7, 11) is 0. The summed E-state index contributed by atoms with van der Waals surface area (Å²) in [5.74, 6) is 0. The summed E-state index contributed by atoms with van der Waals surface area (Å²) in [6.07, 6.45) is 4.39. The molecule has 0 aliphatic carbocycles. The third-order valence-electron chi connectivity index (χ3n) is 2.72. The first-order valence-electron chi connectivity index (χ1n) is 5.76. The Kier molecular flexibility index (Phi) is 5.41. The van der Waals surface area contributed by atoms with E-state index in [1.165, 1.54) is 8.45 Å². The van der Waals surface area contributed by atoms with Gasteiger partial charge in [-0.25, -0.2) is 0 Å². The van der Waals surface area contributed by atoms with E-state index in [0.29, 0.717) is 6.04 Å². The largest absolute Gasteiger partial charge is 0.310 e. The Morgan fingerprint density at radius 1 is 1.56 bits per heavy atom. The molecule has 0 bridgehead atoms. The van der Waals surface area contributed by atoms with Crippen molar-refractivity contribution in [1.29, 1.82) is 0 Å². The van der Waals surface area contributed by atoms with Gasteiger partial charge in [0.25, 0.3) is 0 Å². The lowest BCUT2D eigenvalue weighted by atomic mass is 10.0. The second-order valence-electron chi connectivity index (χ2n) is 3.97. The van der Waals surface area contributed by atoms with Gasteiger partial charge in [-0.15, -0.1) is 11.3 Å². The highest BCUT2D eigenvalue weighted by atomic mass is 127. The summed E-state index contributed by atoms with van der Waals surface area (Å²) in [6.45, 7) is 3.07. The zero-order valence-electron chi connectivity index (χ0n) is 9.99. The molecule has 0 fully saturated rings. The smallest absolute Gasteiger partial charge is 0.0656 e. The van der Waals surface area contributed by atoms with Gasteiger partial charge in [0.15, 0.2) is 0 Å². The van der Waals surface area contributed by atoms with E-state index in [4.69, 9.17) is 11.6 Å². The summed E-state index contributed by atoms with van der Waals surface area (Å²) in [5.41, 5.74) is 2.47. The molecular formula is C13H14ClIN2S. The number of aromatic nitrogens is 1. The third-order valence-corrected chi connectivity index (χ3v) is 4.87. The van der Waals surface area contributed by atoms with Gasteiger partial charge < -0.3 is 5.32 Å². The molecule has 0 aromatic carbocycles. The molecule has 18 heavy (non-hydrogen) atoms. The van der Waals surface area contributed by atoms with Gasteiger partial charge in [-0.1, -0.05) is 18.5 Å². The normalized spacial score (nSPS) is 12.6. The minimum absolute atomic E-state index is 0.315. The molecule has 2 aromatic heterocycles. The predicted octanol–water partition coefficient (Wildman–Crippen LogP) is 4.29. The van der Waals surface area contributed by atoms with Crippen LogP contribution in [0.15, 0.2) is 29.9 Å². The summed E-state index contributed by atoms with van der Waals surface area (Å²) in [4.78, 5) is 4.02. The Bertz CT molecular complexity index is 515. The van der Waals surface area contributed by atoms with Crippen LogP contribution in [0.4, 0.5) is 0 Å². The number of rotatable bonds is 5. The summed E-state index contributed by atoms with van der Waals surface area (Å²) in [5, 5.41) is 6.47. The number of halogens is 2. The van der Waals surface area contributed by atoms with Crippen molar-refractivity contribution < 1.29 is 0 Å². The Morgan fingerprint density at radius 3 is 3.00 bits per heavy atom. The fourth-order valence-electron chi connectivity index (χ4n) is 1.85. The predicted molar refractivity (Wildman–Crippen MR) is 86.4 cm³/mol. The molecule has 0 amide bonds. The SMILES string of the molecule is CCNC(Cc1ccncc1Cl)c1csc(I)c1. The van der Waals surface area contributed by atoms with Gasteiger partial charge in [0.2, 0.25) is 0 Å². The second kappa shape index (κ2) is 6.84. The quantitative estimate of drug-likeness (QED) is 0.768. The number of thiophene rings is 1. The van der Waals surface area contributed by atoms with Gasteiger partial charge in [-0.2, -0.15) is 0 Å². The molecule has 0 spiro atoms. The first-order chi connectivity index (χ1) is 8.70. The average Bonchev–Trinajstić information content (AvgIpc) is 2.78. The fourth-order valence-corrected chi connectivity index (χ4v) is 3.47. The first-order valence-corrected chi connectivity index (χ1v) is 8.10. The van der Waals surface area contributed by atoms with E-state index >= 15 is 0 Å². The highest BCUT2D eigenvalue weighted by molar-refractivity contribution is 14.1. The van der Waals surface area contributed by atoms with E-state index in [-0.39, 0.29) is 0 Å². The van der Waals surface area contributed by atoms with Crippen LogP contribution in [0.1, 0.15) is 24.1 Å². The molecule has 0 aliphatic rings. The molecule has 0 aliphatic heterocycles. The van der Waals surface area contributed by atoms with Gasteiger partial charge >= 0.3 is 0 Å². The molecule has 0 saturated heterocycles. The van der Waals surface area contributed by atoms with Crippen LogP contribution in [0.25, 0.3) is 0 Å². The highest BCUT2D eigenvalue weighted by Crippen LogP contribution is 2.27. The zero-order chi connectivity index (χ0) is 13.0. The van der Waals surface area contributed by atoms with Crippen molar-refractivity contribution in [3.63, 3.8) is 0 Å². The molecular weight excluding hydrogens is 379 g/mol. The van der Waals surface area contributed by atoms with Gasteiger partial charge in [-0.05, 0) is 64.2 Å². The number of nitrogens with zero attached hydrogens (tertiary/aromatic N) is 1. The summed E-state index contributed by atoms with van der Waals surface area (Å²) in [6, 6.07) is 4.53. The van der Waals surface area contributed by atoms with E-state index in [2.05, 4.69) is 51.3 Å². The van der Waals surface area contributed by atoms with Crippen LogP contribution < -0.4 is 5.32 Å². The second-order valence-corrected chi connectivity index (χ2v) is 7.18. The van der Waals surface area contributed by atoms with E-state index < -0.39 is 0 Å². The van der Waals surface area contributed by atoms with Crippen molar-refractivity contribution in [3.05, 3.63) is 48.9 Å². The molecule has 2 heterocycles. The van der Waals surface area contributed by atoms with Crippen molar-refractivity contribution in [2.24, 2.45) is 0 Å². The van der Waals surface area contributed by atoms with Crippen LogP contribution in [-0.4, -0.2) is 11.5 Å². The average molecular weight is 393 g/mol. The third kappa shape index (κ3) is 3.66. The Hall–Kier alpha value is -0.170. The van der Waals surface area contributed by atoms with Crippen LogP contribution in [0, 0.1) is 2.88 Å². The molecule has 0 saturated carbocycles. The molecule has 5 heteroatoms. The molecule has 96 valence electrons. The lowest BCUT2D eigenvalue weighted by Gasteiger charge is -2.17. The van der Waals surface area contributed by atoms with Gasteiger partial charge in [0, 0.05) is 18.4 Å². The van der Waals surface area contributed by atoms with Crippen molar-refractivity contribution in [2.45, 2.75) is 19.4 Å². The van der Waals surface area contributed by atoms with Gasteiger partial charge in [0.1, 0.15) is 0 Å². The standard InChI is InChI=1S/C13H14ClIN2S/c1-2-17-12(10-6-13(15)18-8-10)5-9-3-4-16-7-11(9)14/h3-4,6-8,12,17H,2,5H2,1H3. The van der Waals surface area contributed by atoms with E-state index in [1.54, 1.807) is 23.7 Å². The number of nitrogens with one attached hydrogen (secondary N) is 1. The van der Waals surface area contributed by atoms with Crippen LogP contribution in [-0.2, 0) is 6.42 Å². The zero-order valence-corrected chi connectivity index (χ0v) is 13.7. The van der Waals surface area contributed by atoms with E-state index in [9.17, 15) is 0 Å². The first kappa shape index (κ1) is 14.2. The summed E-state index contributed by atoms with van der Waals surface area (Å²) < 4.78 is 1.31. The molecule has 2 aromatic rings. The maximum absolute atomic E-state index is 6.17. The van der Waals surface area contributed by atoms with Gasteiger partial charge in [-0.3, -0.25) is 4.98 Å². The number of pyridine rings is 1. The van der Waals surface area contributed by atoms with Crippen molar-refractivity contribution in [1.82, 2.24) is 10.3 Å². The maximum atomic E-state index is 6.17. The van der Waals surface area contributed by atoms with E-state index in [0.717, 1.165) is 23.6 Å². The van der Waals surface area contributed by atoms with Crippen LogP contribution in [0.5, 0.6) is 0 Å². The molecule has 1 N–H and O–H groups in total. The Morgan fingerprint density at radius 2 is 2.39 bits per heavy atom. The minimum Gasteiger partial charge on any atom is -0.310 e. The van der Waals surface area contributed by atoms with Crippen molar-refractivity contribution in [2.75, 3.05) is 6.54 Å².